The van der Waals surface area contributed by atoms with Gasteiger partial charge >= 0.3 is 0 Å². The SMILES string of the molecule is Cc1cccn2c(=O)cc(CN3CCN(S(=O)(=O)Cc4ccccc4)CC3)nc12. The molecule has 0 saturated carbocycles. The number of rotatable bonds is 5. The molecule has 3 aromatic rings. The summed E-state index contributed by atoms with van der Waals surface area (Å²) >= 11 is 0. The molecule has 0 radical (unpaired) electrons. The van der Waals surface area contributed by atoms with Crippen LogP contribution in [-0.4, -0.2) is 53.2 Å². The first-order valence-electron chi connectivity index (χ1n) is 9.64. The fraction of sp³-hybridized carbons (Fsp3) is 0.333. The lowest BCUT2D eigenvalue weighted by Crippen LogP contribution is -2.48. The van der Waals surface area contributed by atoms with Crippen molar-refractivity contribution in [2.75, 3.05) is 26.2 Å². The second-order valence-electron chi connectivity index (χ2n) is 7.39. The number of nitrogens with zero attached hydrogens (tertiary/aromatic N) is 4. The molecule has 0 spiro atoms. The Balaban J connectivity index is 1.42. The van der Waals surface area contributed by atoms with Gasteiger partial charge in [0.25, 0.3) is 5.56 Å². The van der Waals surface area contributed by atoms with Crippen molar-refractivity contribution in [1.82, 2.24) is 18.6 Å². The van der Waals surface area contributed by atoms with Gasteiger partial charge in [0, 0.05) is 45.0 Å². The van der Waals surface area contributed by atoms with Gasteiger partial charge in [0.1, 0.15) is 5.65 Å². The van der Waals surface area contributed by atoms with E-state index in [0.717, 1.165) is 11.1 Å². The van der Waals surface area contributed by atoms with Gasteiger partial charge in [-0.05, 0) is 24.1 Å². The number of hydrogen-bond acceptors (Lipinski definition) is 5. The van der Waals surface area contributed by atoms with Crippen LogP contribution < -0.4 is 5.56 Å². The first-order valence-corrected chi connectivity index (χ1v) is 11.3. The van der Waals surface area contributed by atoms with E-state index in [1.54, 1.807) is 21.0 Å². The third-order valence-electron chi connectivity index (χ3n) is 5.24. The maximum Gasteiger partial charge on any atom is 0.258 e. The predicted molar refractivity (Wildman–Crippen MR) is 112 cm³/mol. The van der Waals surface area contributed by atoms with Crippen molar-refractivity contribution in [2.24, 2.45) is 0 Å². The van der Waals surface area contributed by atoms with E-state index in [2.05, 4.69) is 9.88 Å². The Labute approximate surface area is 170 Å². The van der Waals surface area contributed by atoms with Crippen molar-refractivity contribution in [3.05, 3.63) is 81.9 Å². The minimum absolute atomic E-state index is 0.0239. The van der Waals surface area contributed by atoms with Gasteiger partial charge in [-0.1, -0.05) is 36.4 Å². The maximum absolute atomic E-state index is 12.7. The molecule has 29 heavy (non-hydrogen) atoms. The second-order valence-corrected chi connectivity index (χ2v) is 9.36. The van der Waals surface area contributed by atoms with Crippen LogP contribution in [0.4, 0.5) is 0 Å². The molecule has 0 aliphatic carbocycles. The molecule has 152 valence electrons. The Bertz CT molecular complexity index is 1170. The number of hydrogen-bond donors (Lipinski definition) is 0. The summed E-state index contributed by atoms with van der Waals surface area (Å²) in [6, 6.07) is 14.6. The van der Waals surface area contributed by atoms with E-state index in [1.807, 2.05) is 49.4 Å². The van der Waals surface area contributed by atoms with E-state index < -0.39 is 10.0 Å². The fourth-order valence-electron chi connectivity index (χ4n) is 3.66. The molecular weight excluding hydrogens is 388 g/mol. The van der Waals surface area contributed by atoms with Crippen LogP contribution in [0.1, 0.15) is 16.8 Å². The number of benzene rings is 1. The smallest absolute Gasteiger partial charge is 0.258 e. The Kier molecular flexibility index (Phi) is 5.49. The zero-order valence-corrected chi connectivity index (χ0v) is 17.2. The van der Waals surface area contributed by atoms with E-state index >= 15 is 0 Å². The quantitative estimate of drug-likeness (QED) is 0.637. The van der Waals surface area contributed by atoms with Crippen molar-refractivity contribution in [2.45, 2.75) is 19.2 Å². The Hall–Kier alpha value is -2.55. The molecule has 1 aromatic carbocycles. The van der Waals surface area contributed by atoms with Gasteiger partial charge in [0.2, 0.25) is 10.0 Å². The highest BCUT2D eigenvalue weighted by Crippen LogP contribution is 2.15. The number of fused-ring (bicyclic) bond motifs is 1. The summed E-state index contributed by atoms with van der Waals surface area (Å²) in [5, 5.41) is 0. The Morgan fingerprint density at radius 3 is 2.45 bits per heavy atom. The minimum Gasteiger partial charge on any atom is -0.295 e. The zero-order chi connectivity index (χ0) is 20.4. The normalized spacial score (nSPS) is 16.3. The number of pyridine rings is 1. The lowest BCUT2D eigenvalue weighted by atomic mass is 10.2. The maximum atomic E-state index is 12.7. The molecule has 0 bridgehead atoms. The molecule has 2 aromatic heterocycles. The van der Waals surface area contributed by atoms with E-state index in [-0.39, 0.29) is 11.3 Å². The fourth-order valence-corrected chi connectivity index (χ4v) is 5.18. The highest BCUT2D eigenvalue weighted by Gasteiger charge is 2.27. The minimum atomic E-state index is -3.34. The van der Waals surface area contributed by atoms with Gasteiger partial charge in [0.05, 0.1) is 11.4 Å². The molecule has 4 rings (SSSR count). The van der Waals surface area contributed by atoms with E-state index in [0.29, 0.717) is 44.1 Å². The number of piperazine rings is 1. The van der Waals surface area contributed by atoms with Crippen molar-refractivity contribution in [1.29, 1.82) is 0 Å². The van der Waals surface area contributed by atoms with Crippen molar-refractivity contribution in [3.63, 3.8) is 0 Å². The molecule has 7 nitrogen and oxygen atoms in total. The average Bonchev–Trinajstić information content (AvgIpc) is 2.70. The summed E-state index contributed by atoms with van der Waals surface area (Å²) < 4.78 is 28.5. The van der Waals surface area contributed by atoms with Gasteiger partial charge < -0.3 is 0 Å². The third kappa shape index (κ3) is 4.39. The van der Waals surface area contributed by atoms with Gasteiger partial charge in [-0.25, -0.2) is 13.4 Å². The molecule has 8 heteroatoms. The molecule has 1 aliphatic rings. The van der Waals surface area contributed by atoms with Crippen LogP contribution in [0.15, 0.2) is 59.5 Å². The van der Waals surface area contributed by atoms with Crippen molar-refractivity contribution >= 4 is 15.7 Å². The summed E-state index contributed by atoms with van der Waals surface area (Å²) in [6.07, 6.45) is 1.72. The summed E-state index contributed by atoms with van der Waals surface area (Å²) in [7, 11) is -3.34. The lowest BCUT2D eigenvalue weighted by Gasteiger charge is -2.33. The van der Waals surface area contributed by atoms with Crippen LogP contribution in [-0.2, 0) is 22.3 Å². The van der Waals surface area contributed by atoms with Gasteiger partial charge in [-0.15, -0.1) is 0 Å². The molecule has 1 fully saturated rings. The molecule has 0 N–H and O–H groups in total. The van der Waals surface area contributed by atoms with Crippen molar-refractivity contribution < 1.29 is 8.42 Å². The average molecular weight is 413 g/mol. The number of sulfonamides is 1. The largest absolute Gasteiger partial charge is 0.295 e. The van der Waals surface area contributed by atoms with Gasteiger partial charge in [-0.2, -0.15) is 4.31 Å². The highest BCUT2D eigenvalue weighted by atomic mass is 32.2. The van der Waals surface area contributed by atoms with Gasteiger partial charge in [-0.3, -0.25) is 14.1 Å². The Morgan fingerprint density at radius 2 is 1.72 bits per heavy atom. The molecule has 0 unspecified atom stereocenters. The molecule has 0 atom stereocenters. The molecule has 3 heterocycles. The standard InChI is InChI=1S/C21H24N4O3S/c1-17-6-5-9-25-20(26)14-19(22-21(17)25)15-23-10-12-24(13-11-23)29(27,28)16-18-7-3-2-4-8-18/h2-9,14H,10-13,15-16H2,1H3. The van der Waals surface area contributed by atoms with Crippen LogP contribution in [0.25, 0.3) is 5.65 Å². The van der Waals surface area contributed by atoms with E-state index in [4.69, 9.17) is 0 Å². The molecule has 1 saturated heterocycles. The van der Waals surface area contributed by atoms with Crippen LogP contribution in [0.5, 0.6) is 0 Å². The monoisotopic (exact) mass is 412 g/mol. The van der Waals surface area contributed by atoms with Crippen LogP contribution in [0.2, 0.25) is 0 Å². The summed E-state index contributed by atoms with van der Waals surface area (Å²) in [4.78, 5) is 19.2. The molecule has 1 aliphatic heterocycles. The second kappa shape index (κ2) is 8.06. The van der Waals surface area contributed by atoms with Crippen LogP contribution in [0, 0.1) is 6.92 Å². The summed E-state index contributed by atoms with van der Waals surface area (Å²) in [6.45, 7) is 4.59. The highest BCUT2D eigenvalue weighted by molar-refractivity contribution is 7.88. The first-order chi connectivity index (χ1) is 13.9. The topological polar surface area (TPSA) is 75.0 Å². The van der Waals surface area contributed by atoms with Crippen LogP contribution in [0.3, 0.4) is 0 Å². The lowest BCUT2D eigenvalue weighted by molar-refractivity contribution is 0.180. The van der Waals surface area contributed by atoms with Gasteiger partial charge in [0.15, 0.2) is 0 Å². The molecular formula is C21H24N4O3S. The van der Waals surface area contributed by atoms with E-state index in [1.165, 1.54) is 0 Å². The molecule has 0 amide bonds. The summed E-state index contributed by atoms with van der Waals surface area (Å²) in [5.41, 5.74) is 3.02. The van der Waals surface area contributed by atoms with Crippen LogP contribution >= 0.6 is 0 Å². The Morgan fingerprint density at radius 1 is 1.00 bits per heavy atom. The van der Waals surface area contributed by atoms with E-state index in [9.17, 15) is 13.2 Å². The summed E-state index contributed by atoms with van der Waals surface area (Å²) in [5.74, 6) is 0.0239. The first kappa shape index (κ1) is 19.8. The number of aromatic nitrogens is 2. The zero-order valence-electron chi connectivity index (χ0n) is 16.4. The predicted octanol–water partition coefficient (Wildman–Crippen LogP) is 1.65. The number of aryl methyl sites for hydroxylation is 1. The third-order valence-corrected chi connectivity index (χ3v) is 7.09. The van der Waals surface area contributed by atoms with Crippen molar-refractivity contribution in [3.8, 4) is 0 Å².